The Hall–Kier alpha value is -2.15. The van der Waals surface area contributed by atoms with Gasteiger partial charge in [-0.1, -0.05) is 6.07 Å². The smallest absolute Gasteiger partial charge is 0.293 e. The SMILES string of the molecule is Cc1cc(C)cc([NH2+]C(=N)N)c1.O=[N+]([O-])[O-]. The van der Waals surface area contributed by atoms with Gasteiger partial charge in [-0.3, -0.25) is 5.32 Å². The van der Waals surface area contributed by atoms with Crippen molar-refractivity contribution in [3.8, 4) is 0 Å². The summed E-state index contributed by atoms with van der Waals surface area (Å²) >= 11 is 0. The van der Waals surface area contributed by atoms with Gasteiger partial charge in [-0.25, -0.2) is 5.41 Å². The van der Waals surface area contributed by atoms with Gasteiger partial charge in [0.2, 0.25) is 0 Å². The Labute approximate surface area is 92.5 Å². The zero-order valence-electron chi connectivity index (χ0n) is 9.06. The van der Waals surface area contributed by atoms with Crippen LogP contribution in [-0.4, -0.2) is 11.0 Å². The number of quaternary nitrogens is 1. The van der Waals surface area contributed by atoms with E-state index in [2.05, 4.69) is 6.07 Å². The number of aryl methyl sites for hydroxylation is 2. The van der Waals surface area contributed by atoms with Crippen molar-refractivity contribution in [3.05, 3.63) is 44.6 Å². The van der Waals surface area contributed by atoms with Gasteiger partial charge in [0.05, 0.1) is 5.09 Å². The van der Waals surface area contributed by atoms with Crippen molar-refractivity contribution in [2.24, 2.45) is 5.73 Å². The van der Waals surface area contributed by atoms with Crippen LogP contribution < -0.4 is 11.1 Å². The number of benzene rings is 1. The highest BCUT2D eigenvalue weighted by molar-refractivity contribution is 5.66. The molecular formula is C9H14N4O3. The molecule has 0 saturated carbocycles. The van der Waals surface area contributed by atoms with E-state index in [9.17, 15) is 0 Å². The van der Waals surface area contributed by atoms with Crippen LogP contribution in [0, 0.1) is 34.6 Å². The molecule has 0 aliphatic heterocycles. The molecular weight excluding hydrogens is 212 g/mol. The largest absolute Gasteiger partial charge is 0.356 e. The predicted molar refractivity (Wildman–Crippen MR) is 59.8 cm³/mol. The quantitative estimate of drug-likeness (QED) is 0.206. The van der Waals surface area contributed by atoms with Gasteiger partial charge in [0, 0.05) is 12.1 Å². The molecule has 0 aliphatic carbocycles. The minimum atomic E-state index is -1.75. The molecule has 7 heteroatoms. The van der Waals surface area contributed by atoms with Crippen LogP contribution in [0.1, 0.15) is 11.1 Å². The molecule has 0 saturated heterocycles. The number of nitrogens with zero attached hydrogens (tertiary/aromatic N) is 1. The second-order valence-electron chi connectivity index (χ2n) is 3.24. The van der Waals surface area contributed by atoms with E-state index in [1.54, 1.807) is 5.32 Å². The van der Waals surface area contributed by atoms with Crippen LogP contribution in [-0.2, 0) is 0 Å². The fourth-order valence-corrected chi connectivity index (χ4v) is 1.27. The molecule has 0 amide bonds. The maximum absolute atomic E-state index is 8.25. The van der Waals surface area contributed by atoms with E-state index < -0.39 is 5.09 Å². The Morgan fingerprint density at radius 3 is 2.00 bits per heavy atom. The number of nitrogens with two attached hydrogens (primary N) is 2. The van der Waals surface area contributed by atoms with Crippen molar-refractivity contribution in [1.82, 2.24) is 0 Å². The third-order valence-corrected chi connectivity index (χ3v) is 1.57. The third-order valence-electron chi connectivity index (χ3n) is 1.57. The molecule has 1 aromatic rings. The molecule has 7 nitrogen and oxygen atoms in total. The normalized spacial score (nSPS) is 8.88. The summed E-state index contributed by atoms with van der Waals surface area (Å²) in [4.78, 5) is 8.25. The van der Waals surface area contributed by atoms with Crippen molar-refractivity contribution >= 4 is 11.6 Å². The van der Waals surface area contributed by atoms with Crippen molar-refractivity contribution in [3.63, 3.8) is 0 Å². The summed E-state index contributed by atoms with van der Waals surface area (Å²) in [6.07, 6.45) is 0. The Kier molecular flexibility index (Phi) is 5.50. The molecule has 1 aromatic carbocycles. The van der Waals surface area contributed by atoms with Crippen LogP contribution in [0.15, 0.2) is 18.2 Å². The van der Waals surface area contributed by atoms with Crippen molar-refractivity contribution < 1.29 is 10.4 Å². The summed E-state index contributed by atoms with van der Waals surface area (Å²) in [5.74, 6) is 0.0972. The molecule has 0 spiro atoms. The Morgan fingerprint density at radius 1 is 1.31 bits per heavy atom. The van der Waals surface area contributed by atoms with E-state index in [0.717, 1.165) is 5.69 Å². The first-order chi connectivity index (χ1) is 7.31. The Morgan fingerprint density at radius 2 is 1.69 bits per heavy atom. The van der Waals surface area contributed by atoms with Gasteiger partial charge in [0.15, 0.2) is 0 Å². The third kappa shape index (κ3) is 7.27. The first kappa shape index (κ1) is 13.8. The van der Waals surface area contributed by atoms with E-state index in [-0.39, 0.29) is 5.96 Å². The number of guanidine groups is 1. The lowest BCUT2D eigenvalue weighted by Gasteiger charge is -2.00. The molecule has 0 atom stereocenters. The summed E-state index contributed by atoms with van der Waals surface area (Å²) < 4.78 is 0. The minimum Gasteiger partial charge on any atom is -0.356 e. The van der Waals surface area contributed by atoms with Crippen LogP contribution in [0.4, 0.5) is 5.69 Å². The lowest BCUT2D eigenvalue weighted by Crippen LogP contribution is -2.85. The molecule has 0 aliphatic rings. The summed E-state index contributed by atoms with van der Waals surface area (Å²) in [6.45, 7) is 4.06. The first-order valence-electron chi connectivity index (χ1n) is 4.40. The maximum Gasteiger partial charge on any atom is 0.293 e. The average Bonchev–Trinajstić information content (AvgIpc) is 1.97. The van der Waals surface area contributed by atoms with Gasteiger partial charge in [0.1, 0.15) is 5.69 Å². The zero-order chi connectivity index (χ0) is 12.7. The fourth-order valence-electron chi connectivity index (χ4n) is 1.27. The van der Waals surface area contributed by atoms with Gasteiger partial charge in [0.25, 0.3) is 5.96 Å². The Balaban J connectivity index is 0.000000487. The predicted octanol–water partition coefficient (Wildman–Crippen LogP) is 0.153. The fraction of sp³-hybridized carbons (Fsp3) is 0.222. The zero-order valence-corrected chi connectivity index (χ0v) is 9.06. The van der Waals surface area contributed by atoms with Gasteiger partial charge in [-0.05, 0) is 25.0 Å². The molecule has 5 N–H and O–H groups in total. The molecule has 0 bridgehead atoms. The van der Waals surface area contributed by atoms with Gasteiger partial charge >= 0.3 is 0 Å². The molecule has 0 unspecified atom stereocenters. The minimum absolute atomic E-state index is 0.0972. The maximum atomic E-state index is 8.25. The van der Waals surface area contributed by atoms with Crippen molar-refractivity contribution in [2.45, 2.75) is 13.8 Å². The molecule has 0 aromatic heterocycles. The van der Waals surface area contributed by atoms with Crippen molar-refractivity contribution in [2.75, 3.05) is 0 Å². The molecule has 0 fully saturated rings. The van der Waals surface area contributed by atoms with E-state index in [1.165, 1.54) is 11.1 Å². The van der Waals surface area contributed by atoms with Crippen LogP contribution in [0.5, 0.6) is 0 Å². The number of rotatable bonds is 1. The van der Waals surface area contributed by atoms with E-state index >= 15 is 0 Å². The van der Waals surface area contributed by atoms with Crippen LogP contribution in [0.25, 0.3) is 0 Å². The highest BCUT2D eigenvalue weighted by Crippen LogP contribution is 2.08. The highest BCUT2D eigenvalue weighted by Gasteiger charge is 2.00. The summed E-state index contributed by atoms with van der Waals surface area (Å²) in [5.41, 5.74) is 8.65. The molecule has 16 heavy (non-hydrogen) atoms. The lowest BCUT2D eigenvalue weighted by atomic mass is 10.1. The monoisotopic (exact) mass is 226 g/mol. The van der Waals surface area contributed by atoms with Crippen LogP contribution in [0.2, 0.25) is 0 Å². The van der Waals surface area contributed by atoms with E-state index in [0.29, 0.717) is 0 Å². The lowest BCUT2D eigenvalue weighted by molar-refractivity contribution is -0.447. The molecule has 0 radical (unpaired) electrons. The standard InChI is InChI=1S/C9H13N3.NO3/c1-6-3-7(2)5-8(4-6)12-9(10)11;2-1(3)4/h3-5H,1-2H3,(H4,10,11,12);/q;-1/p+1. The number of hydrogen-bond acceptors (Lipinski definition) is 4. The van der Waals surface area contributed by atoms with Gasteiger partial charge < -0.3 is 21.1 Å². The molecule has 1 rings (SSSR count). The number of nitrogens with one attached hydrogen (secondary N) is 1. The van der Waals surface area contributed by atoms with E-state index in [1.807, 2.05) is 26.0 Å². The molecule has 0 heterocycles. The summed E-state index contributed by atoms with van der Waals surface area (Å²) in [5, 5.41) is 23.5. The van der Waals surface area contributed by atoms with Gasteiger partial charge in [-0.15, -0.1) is 0 Å². The van der Waals surface area contributed by atoms with E-state index in [4.69, 9.17) is 26.5 Å². The topological polar surface area (TPSA) is 133 Å². The highest BCUT2D eigenvalue weighted by atomic mass is 16.9. The second kappa shape index (κ2) is 6.36. The van der Waals surface area contributed by atoms with Crippen LogP contribution in [0.3, 0.4) is 0 Å². The van der Waals surface area contributed by atoms with Gasteiger partial charge in [-0.2, -0.15) is 0 Å². The Bertz CT molecular complexity index is 368. The first-order valence-corrected chi connectivity index (χ1v) is 4.40. The summed E-state index contributed by atoms with van der Waals surface area (Å²) in [7, 11) is 0. The second-order valence-corrected chi connectivity index (χ2v) is 3.24. The van der Waals surface area contributed by atoms with Crippen LogP contribution >= 0.6 is 0 Å². The number of hydrogen-bond donors (Lipinski definition) is 3. The molecule has 88 valence electrons. The van der Waals surface area contributed by atoms with Crippen molar-refractivity contribution in [1.29, 1.82) is 5.41 Å². The summed E-state index contributed by atoms with van der Waals surface area (Å²) in [6, 6.07) is 6.11. The average molecular weight is 226 g/mol.